The Balaban J connectivity index is 2.53. The molecule has 0 spiro atoms. The highest BCUT2D eigenvalue weighted by Crippen LogP contribution is 2.32. The fourth-order valence-electron chi connectivity index (χ4n) is 1.59. The third kappa shape index (κ3) is 6.93. The number of alkyl halides is 3. The molecule has 0 aromatic heterocycles. The molecule has 140 valence electrons. The van der Waals surface area contributed by atoms with Crippen LogP contribution < -0.4 is 16.2 Å². The molecule has 7 nitrogen and oxygen atoms in total. The lowest BCUT2D eigenvalue weighted by molar-refractivity contribution is -0.140. The number of urea groups is 1. The van der Waals surface area contributed by atoms with E-state index in [1.54, 1.807) is 0 Å². The topological polar surface area (TPSA) is 88.7 Å². The van der Waals surface area contributed by atoms with Gasteiger partial charge in [0.2, 0.25) is 0 Å². The van der Waals surface area contributed by atoms with Gasteiger partial charge in [-0.2, -0.15) is 13.2 Å². The summed E-state index contributed by atoms with van der Waals surface area (Å²) < 4.78 is 60.7. The summed E-state index contributed by atoms with van der Waals surface area (Å²) >= 11 is 0. The van der Waals surface area contributed by atoms with Crippen molar-refractivity contribution in [3.05, 3.63) is 29.6 Å². The predicted octanol–water partition coefficient (Wildman–Crippen LogP) is 2.05. The average Bonchev–Trinajstić information content (AvgIpc) is 2.53. The van der Waals surface area contributed by atoms with Crippen molar-refractivity contribution in [3.8, 4) is 0 Å². The highest BCUT2D eigenvalue weighted by Gasteiger charge is 2.34. The monoisotopic (exact) mass is 367 g/mol. The minimum atomic E-state index is -4.90. The van der Waals surface area contributed by atoms with Gasteiger partial charge >= 0.3 is 12.2 Å². The molecule has 0 bridgehead atoms. The van der Waals surface area contributed by atoms with Gasteiger partial charge in [0.15, 0.2) is 0 Å². The number of nitrogens with one attached hydrogen (secondary N) is 3. The summed E-state index contributed by atoms with van der Waals surface area (Å²) in [6.07, 6.45) is -5.79. The van der Waals surface area contributed by atoms with Crippen LogP contribution in [0.1, 0.15) is 12.5 Å². The van der Waals surface area contributed by atoms with E-state index in [4.69, 9.17) is 9.47 Å². The molecule has 0 saturated carbocycles. The van der Waals surface area contributed by atoms with Crippen LogP contribution in [0.4, 0.5) is 28.0 Å². The third-order valence-electron chi connectivity index (χ3n) is 2.85. The number of hydrogen-bond acceptors (Lipinski definition) is 4. The molecule has 0 aliphatic rings. The van der Waals surface area contributed by atoms with Crippen LogP contribution in [0.3, 0.4) is 0 Å². The second kappa shape index (κ2) is 9.18. The highest BCUT2D eigenvalue weighted by atomic mass is 19.4. The molecule has 0 heterocycles. The Labute approximate surface area is 140 Å². The minimum Gasteiger partial charge on any atom is -0.382 e. The van der Waals surface area contributed by atoms with Gasteiger partial charge in [-0.25, -0.2) is 14.6 Å². The van der Waals surface area contributed by atoms with Gasteiger partial charge in [-0.3, -0.25) is 10.2 Å². The van der Waals surface area contributed by atoms with Crippen LogP contribution in [0.25, 0.3) is 0 Å². The van der Waals surface area contributed by atoms with Crippen molar-refractivity contribution in [2.45, 2.75) is 19.2 Å². The van der Waals surface area contributed by atoms with E-state index < -0.39 is 35.6 Å². The molecule has 0 unspecified atom stereocenters. The SMILES string of the molecule is COCCO[C@H](C)C(=O)NNC(=O)Nc1ccc(F)c(C(F)(F)F)c1. The lowest BCUT2D eigenvalue weighted by atomic mass is 10.2. The fraction of sp³-hybridized carbons (Fsp3) is 0.429. The molecule has 0 saturated heterocycles. The molecule has 0 aliphatic carbocycles. The molecule has 3 amide bonds. The Kier molecular flexibility index (Phi) is 7.58. The third-order valence-corrected chi connectivity index (χ3v) is 2.85. The zero-order chi connectivity index (χ0) is 19.0. The van der Waals surface area contributed by atoms with Crippen molar-refractivity contribution in [2.24, 2.45) is 0 Å². The van der Waals surface area contributed by atoms with Crippen LogP contribution in [-0.4, -0.2) is 38.4 Å². The van der Waals surface area contributed by atoms with E-state index in [-0.39, 0.29) is 18.9 Å². The molecule has 3 N–H and O–H groups in total. The summed E-state index contributed by atoms with van der Waals surface area (Å²) in [6.45, 7) is 1.87. The average molecular weight is 367 g/mol. The van der Waals surface area contributed by atoms with Crippen molar-refractivity contribution in [1.29, 1.82) is 0 Å². The number of methoxy groups -OCH3 is 1. The maximum atomic E-state index is 13.1. The Morgan fingerprint density at radius 1 is 1.20 bits per heavy atom. The minimum absolute atomic E-state index is 0.160. The van der Waals surface area contributed by atoms with Crippen LogP contribution in [0.5, 0.6) is 0 Å². The van der Waals surface area contributed by atoms with Crippen LogP contribution in [0.15, 0.2) is 18.2 Å². The number of rotatable bonds is 6. The molecular weight excluding hydrogens is 350 g/mol. The zero-order valence-corrected chi connectivity index (χ0v) is 13.4. The summed E-state index contributed by atoms with van der Waals surface area (Å²) in [7, 11) is 1.46. The Hall–Kier alpha value is -2.40. The number of halogens is 4. The normalized spacial score (nSPS) is 12.4. The summed E-state index contributed by atoms with van der Waals surface area (Å²) in [6, 6.07) is 0.940. The number of carbonyl (C=O) groups excluding carboxylic acids is 2. The van der Waals surface area contributed by atoms with E-state index in [9.17, 15) is 27.2 Å². The van der Waals surface area contributed by atoms with E-state index in [2.05, 4.69) is 0 Å². The second-order valence-corrected chi connectivity index (χ2v) is 4.77. The van der Waals surface area contributed by atoms with E-state index in [1.807, 2.05) is 16.2 Å². The number of hydrogen-bond donors (Lipinski definition) is 3. The van der Waals surface area contributed by atoms with Crippen molar-refractivity contribution in [2.75, 3.05) is 25.6 Å². The standard InChI is InChI=1S/C14H17F4N3O4/c1-8(25-6-5-24-2)12(22)20-21-13(23)19-9-3-4-11(15)10(7-9)14(16,17)18/h3-4,7-8H,5-6H2,1-2H3,(H,20,22)(H2,19,21,23)/t8-/m1/s1. The number of carbonyl (C=O) groups is 2. The highest BCUT2D eigenvalue weighted by molar-refractivity contribution is 5.91. The Morgan fingerprint density at radius 2 is 1.88 bits per heavy atom. The van der Waals surface area contributed by atoms with Crippen molar-refractivity contribution >= 4 is 17.6 Å². The van der Waals surface area contributed by atoms with Gasteiger partial charge in [-0.15, -0.1) is 0 Å². The van der Waals surface area contributed by atoms with E-state index >= 15 is 0 Å². The quantitative estimate of drug-likeness (QED) is 0.408. The number of benzene rings is 1. The van der Waals surface area contributed by atoms with Crippen molar-refractivity contribution in [1.82, 2.24) is 10.9 Å². The zero-order valence-electron chi connectivity index (χ0n) is 13.4. The molecule has 1 atom stereocenters. The first-order chi connectivity index (χ1) is 11.6. The van der Waals surface area contributed by atoms with Crippen LogP contribution in [-0.2, 0) is 20.4 Å². The maximum Gasteiger partial charge on any atom is 0.419 e. The van der Waals surface area contributed by atoms with Gasteiger partial charge in [0.1, 0.15) is 11.9 Å². The Bertz CT molecular complexity index is 610. The molecular formula is C14H17F4N3O4. The first-order valence-corrected chi connectivity index (χ1v) is 6.99. The molecule has 1 aromatic rings. The molecule has 11 heteroatoms. The molecule has 1 aromatic carbocycles. The number of ether oxygens (including phenoxy) is 2. The van der Waals surface area contributed by atoms with Gasteiger partial charge in [0.05, 0.1) is 18.8 Å². The van der Waals surface area contributed by atoms with Crippen LogP contribution in [0.2, 0.25) is 0 Å². The Morgan fingerprint density at radius 3 is 2.48 bits per heavy atom. The molecule has 0 radical (unpaired) electrons. The maximum absolute atomic E-state index is 13.1. The van der Waals surface area contributed by atoms with Gasteiger partial charge in [0.25, 0.3) is 5.91 Å². The first kappa shape index (κ1) is 20.6. The van der Waals surface area contributed by atoms with Crippen LogP contribution in [0, 0.1) is 5.82 Å². The number of amides is 3. The second-order valence-electron chi connectivity index (χ2n) is 4.77. The first-order valence-electron chi connectivity index (χ1n) is 6.99. The number of hydrazine groups is 1. The molecule has 0 aliphatic heterocycles. The van der Waals surface area contributed by atoms with Crippen molar-refractivity contribution < 1.29 is 36.6 Å². The van der Waals surface area contributed by atoms with Crippen LogP contribution >= 0.6 is 0 Å². The molecule has 25 heavy (non-hydrogen) atoms. The fourth-order valence-corrected chi connectivity index (χ4v) is 1.59. The summed E-state index contributed by atoms with van der Waals surface area (Å²) in [5.41, 5.74) is 2.14. The number of anilines is 1. The molecule has 0 fully saturated rings. The van der Waals surface area contributed by atoms with Gasteiger partial charge < -0.3 is 14.8 Å². The van der Waals surface area contributed by atoms with Gasteiger partial charge in [0, 0.05) is 12.8 Å². The van der Waals surface area contributed by atoms with E-state index in [1.165, 1.54) is 14.0 Å². The van der Waals surface area contributed by atoms with Gasteiger partial charge in [-0.1, -0.05) is 0 Å². The molecule has 1 rings (SSSR count). The van der Waals surface area contributed by atoms with E-state index in [0.29, 0.717) is 12.1 Å². The lowest BCUT2D eigenvalue weighted by Crippen LogP contribution is -2.48. The lowest BCUT2D eigenvalue weighted by Gasteiger charge is -2.14. The summed E-state index contributed by atoms with van der Waals surface area (Å²) in [5, 5.41) is 2.04. The van der Waals surface area contributed by atoms with Gasteiger partial charge in [-0.05, 0) is 25.1 Å². The smallest absolute Gasteiger partial charge is 0.382 e. The largest absolute Gasteiger partial charge is 0.419 e. The summed E-state index contributed by atoms with van der Waals surface area (Å²) in [4.78, 5) is 23.2. The van der Waals surface area contributed by atoms with E-state index in [0.717, 1.165) is 6.07 Å². The predicted molar refractivity (Wildman–Crippen MR) is 79.0 cm³/mol. The summed E-state index contributed by atoms with van der Waals surface area (Å²) in [5.74, 6) is -2.14. The van der Waals surface area contributed by atoms with Crippen molar-refractivity contribution in [3.63, 3.8) is 0 Å².